The van der Waals surface area contributed by atoms with Crippen LogP contribution < -0.4 is 4.74 Å². The average molecular weight is 461 g/mol. The lowest BCUT2D eigenvalue weighted by Gasteiger charge is -2.12. The van der Waals surface area contributed by atoms with Crippen molar-refractivity contribution in [1.29, 1.82) is 5.26 Å². The molecule has 3 aromatic carbocycles. The molecule has 0 unspecified atom stereocenters. The average Bonchev–Trinajstić information content (AvgIpc) is 2.66. The van der Waals surface area contributed by atoms with Crippen molar-refractivity contribution in [2.45, 2.75) is 6.61 Å². The summed E-state index contributed by atoms with van der Waals surface area (Å²) in [5.74, 6) is -0.413. The van der Waals surface area contributed by atoms with Gasteiger partial charge in [-0.05, 0) is 63.5 Å². The third-order valence-corrected chi connectivity index (χ3v) is 4.79. The van der Waals surface area contributed by atoms with Crippen molar-refractivity contribution in [3.63, 3.8) is 0 Å². The second-order valence-electron chi connectivity index (χ2n) is 5.87. The maximum absolute atomic E-state index is 13.7. The van der Waals surface area contributed by atoms with Gasteiger partial charge in [0.2, 0.25) is 0 Å². The molecular weight excluding hydrogens is 448 g/mol. The molecule has 0 fully saturated rings. The van der Waals surface area contributed by atoms with E-state index >= 15 is 0 Å². The molecule has 0 aliphatic heterocycles. The van der Waals surface area contributed by atoms with E-state index in [0.717, 1.165) is 0 Å². The highest BCUT2D eigenvalue weighted by Gasteiger charge is 2.11. The van der Waals surface area contributed by atoms with Crippen molar-refractivity contribution in [2.75, 3.05) is 0 Å². The molecule has 0 aliphatic rings. The Balaban J connectivity index is 1.87. The summed E-state index contributed by atoms with van der Waals surface area (Å²) in [5, 5.41) is 9.72. The van der Waals surface area contributed by atoms with Gasteiger partial charge in [0.25, 0.3) is 0 Å². The van der Waals surface area contributed by atoms with Crippen LogP contribution in [0, 0.1) is 23.0 Å². The Bertz CT molecular complexity index is 1070. The fourth-order valence-corrected chi connectivity index (χ4v) is 3.56. The fourth-order valence-electron chi connectivity index (χ4n) is 2.57. The topological polar surface area (TPSA) is 33.0 Å². The molecule has 0 saturated heterocycles. The minimum absolute atomic E-state index is 0.0208. The molecule has 0 atom stereocenters. The zero-order chi connectivity index (χ0) is 20.1. The number of halogens is 4. The van der Waals surface area contributed by atoms with Gasteiger partial charge in [0.05, 0.1) is 21.1 Å². The number of benzene rings is 3. The van der Waals surface area contributed by atoms with Crippen LogP contribution in [0.2, 0.25) is 5.02 Å². The molecule has 0 aromatic heterocycles. The van der Waals surface area contributed by atoms with Crippen LogP contribution in [0.25, 0.3) is 11.6 Å². The molecule has 28 heavy (non-hydrogen) atoms. The molecule has 0 aliphatic carbocycles. The highest BCUT2D eigenvalue weighted by Crippen LogP contribution is 2.36. The predicted octanol–water partition coefficient (Wildman–Crippen LogP) is 7.02. The largest absolute Gasteiger partial charge is 0.486 e. The summed E-state index contributed by atoms with van der Waals surface area (Å²) in [7, 11) is 0. The van der Waals surface area contributed by atoms with Crippen LogP contribution in [0.3, 0.4) is 0 Å². The van der Waals surface area contributed by atoms with Gasteiger partial charge in [-0.15, -0.1) is 0 Å². The first kappa shape index (κ1) is 20.1. The quantitative estimate of drug-likeness (QED) is 0.303. The van der Waals surface area contributed by atoms with Crippen LogP contribution in [-0.4, -0.2) is 0 Å². The van der Waals surface area contributed by atoms with Crippen molar-refractivity contribution in [1.82, 2.24) is 0 Å². The molecule has 3 rings (SSSR count). The summed E-state index contributed by atoms with van der Waals surface area (Å²) in [4.78, 5) is 0. The van der Waals surface area contributed by atoms with Crippen molar-refractivity contribution in [2.24, 2.45) is 0 Å². The van der Waals surface area contributed by atoms with Crippen LogP contribution in [0.5, 0.6) is 5.75 Å². The highest BCUT2D eigenvalue weighted by atomic mass is 79.9. The molecule has 0 heterocycles. The number of hydrogen-bond acceptors (Lipinski definition) is 2. The molecule has 6 heteroatoms. The third-order valence-electron chi connectivity index (χ3n) is 3.92. The van der Waals surface area contributed by atoms with E-state index in [4.69, 9.17) is 16.3 Å². The lowest BCUT2D eigenvalue weighted by molar-refractivity contribution is 0.298. The van der Waals surface area contributed by atoms with Gasteiger partial charge in [-0.2, -0.15) is 5.26 Å². The summed E-state index contributed by atoms with van der Waals surface area (Å²) < 4.78 is 33.4. The Morgan fingerprint density at radius 3 is 2.57 bits per heavy atom. The van der Waals surface area contributed by atoms with Gasteiger partial charge in [0, 0.05) is 5.56 Å². The van der Waals surface area contributed by atoms with Gasteiger partial charge in [0.1, 0.15) is 18.2 Å². The molecule has 3 aromatic rings. The number of nitrogens with zero attached hydrogens (tertiary/aromatic N) is 1. The first-order valence-electron chi connectivity index (χ1n) is 8.21. The third kappa shape index (κ3) is 4.78. The van der Waals surface area contributed by atoms with Gasteiger partial charge in [0.15, 0.2) is 5.75 Å². The zero-order valence-corrected chi connectivity index (χ0v) is 16.8. The molecule has 0 radical (unpaired) electrons. The second kappa shape index (κ2) is 9.01. The van der Waals surface area contributed by atoms with E-state index in [1.54, 1.807) is 48.5 Å². The van der Waals surface area contributed by atoms with Crippen LogP contribution in [0.4, 0.5) is 8.78 Å². The van der Waals surface area contributed by atoms with Crippen molar-refractivity contribution in [3.8, 4) is 11.8 Å². The zero-order valence-electron chi connectivity index (χ0n) is 14.4. The summed E-state index contributed by atoms with van der Waals surface area (Å²) in [6.07, 6.45) is 1.60. The number of nitriles is 1. The summed E-state index contributed by atoms with van der Waals surface area (Å²) in [6, 6.07) is 17.5. The van der Waals surface area contributed by atoms with Crippen LogP contribution in [0.1, 0.15) is 16.7 Å². The van der Waals surface area contributed by atoms with E-state index in [0.29, 0.717) is 37.5 Å². The Hall–Kier alpha value is -2.68. The number of rotatable bonds is 5. The van der Waals surface area contributed by atoms with Gasteiger partial charge in [-0.1, -0.05) is 41.9 Å². The Morgan fingerprint density at radius 1 is 1.11 bits per heavy atom. The van der Waals surface area contributed by atoms with E-state index in [1.165, 1.54) is 18.2 Å². The van der Waals surface area contributed by atoms with E-state index in [2.05, 4.69) is 22.0 Å². The second-order valence-corrected chi connectivity index (χ2v) is 7.14. The summed E-state index contributed by atoms with van der Waals surface area (Å²) in [5.41, 5.74) is 1.81. The van der Waals surface area contributed by atoms with Crippen LogP contribution in [0.15, 0.2) is 65.1 Å². The minimum Gasteiger partial charge on any atom is -0.486 e. The van der Waals surface area contributed by atoms with E-state index < -0.39 is 5.82 Å². The molecular formula is C22H13BrClF2NO. The van der Waals surface area contributed by atoms with Crippen molar-refractivity contribution in [3.05, 3.63) is 98.5 Å². The van der Waals surface area contributed by atoms with Gasteiger partial charge >= 0.3 is 0 Å². The minimum atomic E-state index is -0.422. The predicted molar refractivity (Wildman–Crippen MR) is 110 cm³/mol. The van der Waals surface area contributed by atoms with E-state index in [1.807, 2.05) is 0 Å². The van der Waals surface area contributed by atoms with Gasteiger partial charge in [-0.3, -0.25) is 0 Å². The van der Waals surface area contributed by atoms with E-state index in [-0.39, 0.29) is 12.4 Å². The molecule has 140 valence electrons. The number of allylic oxidation sites excluding steroid dienone is 1. The van der Waals surface area contributed by atoms with Crippen molar-refractivity contribution < 1.29 is 13.5 Å². The smallest absolute Gasteiger partial charge is 0.152 e. The molecule has 0 saturated carbocycles. The van der Waals surface area contributed by atoms with Crippen molar-refractivity contribution >= 4 is 39.2 Å². The normalized spacial score (nSPS) is 11.2. The lowest BCUT2D eigenvalue weighted by Crippen LogP contribution is -1.99. The molecule has 0 spiro atoms. The van der Waals surface area contributed by atoms with E-state index in [9.17, 15) is 14.0 Å². The fraction of sp³-hybridized carbons (Fsp3) is 0.0455. The molecule has 0 amide bonds. The molecule has 2 nitrogen and oxygen atoms in total. The Labute approximate surface area is 174 Å². The summed E-state index contributed by atoms with van der Waals surface area (Å²) in [6.45, 7) is 0.0208. The molecule has 0 N–H and O–H groups in total. The lowest BCUT2D eigenvalue weighted by atomic mass is 10.0. The van der Waals surface area contributed by atoms with Crippen LogP contribution in [-0.2, 0) is 6.61 Å². The highest BCUT2D eigenvalue weighted by molar-refractivity contribution is 9.10. The maximum Gasteiger partial charge on any atom is 0.152 e. The maximum atomic E-state index is 13.7. The SMILES string of the molecule is N#C/C(=C/c1cc(Cl)c(OCc2ccccc2F)c(Br)c1)c1cccc(F)c1. The Kier molecular flexibility index (Phi) is 6.45. The monoisotopic (exact) mass is 459 g/mol. The first-order chi connectivity index (χ1) is 13.5. The number of hydrogen-bond donors (Lipinski definition) is 0. The Morgan fingerprint density at radius 2 is 1.89 bits per heavy atom. The first-order valence-corrected chi connectivity index (χ1v) is 9.38. The molecule has 0 bridgehead atoms. The summed E-state index contributed by atoms with van der Waals surface area (Å²) >= 11 is 9.71. The van der Waals surface area contributed by atoms with Crippen LogP contribution >= 0.6 is 27.5 Å². The van der Waals surface area contributed by atoms with Gasteiger partial charge < -0.3 is 4.74 Å². The standard InChI is InChI=1S/C22H13BrClF2NO/c23-19-9-14(8-17(12-27)15-5-3-6-18(25)11-15)10-20(24)22(19)28-13-16-4-1-2-7-21(16)26/h1-11H,13H2/b17-8-. The van der Waals surface area contributed by atoms with Gasteiger partial charge in [-0.25, -0.2) is 8.78 Å². The number of ether oxygens (including phenoxy) is 1.